The number of aromatic amines is 1. The SMILES string of the molecule is COc1ccccc1-c1nc(NC(=O)c2ccc(Cl)c(S(=O)(=O)NCc3ccccc3)c2)n[nH]1. The number of aromatic nitrogens is 3. The Hall–Kier alpha value is -3.73. The standard InChI is InChI=1S/C23H20ClN5O4S/c1-33-19-10-6-5-9-17(19)21-26-23(29-28-21)27-22(30)16-11-12-18(24)20(13-16)34(31,32)25-14-15-7-3-2-4-8-15/h2-13,25H,14H2,1H3,(H2,26,27,28,29,30). The van der Waals surface area contributed by atoms with Gasteiger partial charge in [-0.1, -0.05) is 54.1 Å². The molecule has 1 aromatic heterocycles. The van der Waals surface area contributed by atoms with Crippen LogP contribution in [-0.4, -0.2) is 36.6 Å². The molecular formula is C23H20ClN5O4S. The summed E-state index contributed by atoms with van der Waals surface area (Å²) >= 11 is 6.13. The lowest BCUT2D eigenvalue weighted by Gasteiger charge is -2.10. The first kappa shape index (κ1) is 23.4. The van der Waals surface area contributed by atoms with Crippen molar-refractivity contribution in [2.45, 2.75) is 11.4 Å². The van der Waals surface area contributed by atoms with Crippen LogP contribution in [0.3, 0.4) is 0 Å². The van der Waals surface area contributed by atoms with Gasteiger partial charge in [-0.3, -0.25) is 15.2 Å². The summed E-state index contributed by atoms with van der Waals surface area (Å²) in [6.07, 6.45) is 0. The number of hydrogen-bond donors (Lipinski definition) is 3. The van der Waals surface area contributed by atoms with Gasteiger partial charge >= 0.3 is 0 Å². The van der Waals surface area contributed by atoms with Crippen LogP contribution in [0, 0.1) is 0 Å². The number of methoxy groups -OCH3 is 1. The highest BCUT2D eigenvalue weighted by atomic mass is 35.5. The number of H-pyrrole nitrogens is 1. The van der Waals surface area contributed by atoms with E-state index in [2.05, 4.69) is 25.2 Å². The molecule has 4 rings (SSSR count). The number of amides is 1. The van der Waals surface area contributed by atoms with Crippen molar-refractivity contribution in [3.05, 3.63) is 88.9 Å². The summed E-state index contributed by atoms with van der Waals surface area (Å²) in [4.78, 5) is 16.8. The number of sulfonamides is 1. The molecule has 0 saturated heterocycles. The van der Waals surface area contributed by atoms with Crippen molar-refractivity contribution in [2.24, 2.45) is 0 Å². The number of rotatable bonds is 8. The third-order valence-electron chi connectivity index (χ3n) is 4.86. The summed E-state index contributed by atoms with van der Waals surface area (Å²) in [6.45, 7) is 0.0822. The Morgan fingerprint density at radius 1 is 1.06 bits per heavy atom. The first-order valence-corrected chi connectivity index (χ1v) is 11.9. The molecule has 0 atom stereocenters. The molecule has 0 aliphatic carbocycles. The molecule has 0 radical (unpaired) electrons. The summed E-state index contributed by atoms with van der Waals surface area (Å²) in [7, 11) is -2.43. The average Bonchev–Trinajstić information content (AvgIpc) is 3.31. The molecule has 0 unspecified atom stereocenters. The number of hydrogen-bond acceptors (Lipinski definition) is 6. The molecule has 174 valence electrons. The summed E-state index contributed by atoms with van der Waals surface area (Å²) in [6, 6.07) is 20.2. The number of nitrogens with zero attached hydrogens (tertiary/aromatic N) is 2. The lowest BCUT2D eigenvalue weighted by molar-refractivity contribution is 0.102. The number of nitrogens with one attached hydrogen (secondary N) is 3. The zero-order valence-corrected chi connectivity index (χ0v) is 19.5. The van der Waals surface area contributed by atoms with Crippen molar-refractivity contribution in [3.8, 4) is 17.1 Å². The second-order valence-electron chi connectivity index (χ2n) is 7.12. The van der Waals surface area contributed by atoms with Gasteiger partial charge < -0.3 is 4.74 Å². The number of carbonyl (C=O) groups is 1. The van der Waals surface area contributed by atoms with E-state index in [1.165, 1.54) is 18.2 Å². The molecule has 4 aromatic rings. The largest absolute Gasteiger partial charge is 0.496 e. The summed E-state index contributed by atoms with van der Waals surface area (Å²) in [5.41, 5.74) is 1.53. The van der Waals surface area contributed by atoms with Crippen molar-refractivity contribution in [2.75, 3.05) is 12.4 Å². The van der Waals surface area contributed by atoms with Crippen LogP contribution < -0.4 is 14.8 Å². The van der Waals surface area contributed by atoms with Gasteiger partial charge in [0.15, 0.2) is 5.82 Å². The van der Waals surface area contributed by atoms with Crippen LogP contribution in [0.25, 0.3) is 11.4 Å². The highest BCUT2D eigenvalue weighted by Gasteiger charge is 2.21. The van der Waals surface area contributed by atoms with Crippen LogP contribution in [0.5, 0.6) is 5.75 Å². The molecular weight excluding hydrogens is 478 g/mol. The molecule has 1 amide bonds. The summed E-state index contributed by atoms with van der Waals surface area (Å²) in [5.74, 6) is 0.415. The van der Waals surface area contributed by atoms with Crippen LogP contribution >= 0.6 is 11.6 Å². The maximum atomic E-state index is 12.8. The molecule has 0 fully saturated rings. The van der Waals surface area contributed by atoms with Gasteiger partial charge in [-0.25, -0.2) is 13.1 Å². The molecule has 1 heterocycles. The highest BCUT2D eigenvalue weighted by Crippen LogP contribution is 2.27. The summed E-state index contributed by atoms with van der Waals surface area (Å²) < 4.78 is 33.4. The first-order chi connectivity index (χ1) is 16.4. The zero-order chi connectivity index (χ0) is 24.1. The van der Waals surface area contributed by atoms with Crippen molar-refractivity contribution >= 4 is 33.5 Å². The second-order valence-corrected chi connectivity index (χ2v) is 9.26. The lowest BCUT2D eigenvalue weighted by Crippen LogP contribution is -2.24. The molecule has 0 saturated carbocycles. The van der Waals surface area contributed by atoms with Crippen LogP contribution in [-0.2, 0) is 16.6 Å². The van der Waals surface area contributed by atoms with E-state index >= 15 is 0 Å². The Labute approximate surface area is 201 Å². The average molecular weight is 498 g/mol. The van der Waals surface area contributed by atoms with Crippen LogP contribution in [0.4, 0.5) is 5.95 Å². The predicted molar refractivity (Wildman–Crippen MR) is 128 cm³/mol. The van der Waals surface area contributed by atoms with Gasteiger partial charge in [0.2, 0.25) is 16.0 Å². The Bertz CT molecular complexity index is 1420. The van der Waals surface area contributed by atoms with E-state index in [0.29, 0.717) is 17.1 Å². The molecule has 34 heavy (non-hydrogen) atoms. The Kier molecular flexibility index (Phi) is 6.92. The fourth-order valence-corrected chi connectivity index (χ4v) is 4.70. The maximum Gasteiger partial charge on any atom is 0.258 e. The van der Waals surface area contributed by atoms with E-state index in [0.717, 1.165) is 5.56 Å². The number of halogens is 1. The van der Waals surface area contributed by atoms with Crippen molar-refractivity contribution in [1.29, 1.82) is 0 Å². The van der Waals surface area contributed by atoms with Gasteiger partial charge in [0.25, 0.3) is 5.91 Å². The molecule has 9 nitrogen and oxygen atoms in total. The Morgan fingerprint density at radius 3 is 2.56 bits per heavy atom. The van der Waals surface area contributed by atoms with Gasteiger partial charge in [0, 0.05) is 12.1 Å². The second kappa shape index (κ2) is 10.0. The fraction of sp³-hybridized carbons (Fsp3) is 0.0870. The Morgan fingerprint density at radius 2 is 1.79 bits per heavy atom. The first-order valence-electron chi connectivity index (χ1n) is 10.1. The van der Waals surface area contributed by atoms with Crippen molar-refractivity contribution in [3.63, 3.8) is 0 Å². The van der Waals surface area contributed by atoms with E-state index in [1.807, 2.05) is 30.3 Å². The predicted octanol–water partition coefficient (Wildman–Crippen LogP) is 3.86. The van der Waals surface area contributed by atoms with Crippen molar-refractivity contribution in [1.82, 2.24) is 19.9 Å². The molecule has 0 spiro atoms. The number of carbonyl (C=O) groups excluding carboxylic acids is 1. The number of benzene rings is 3. The smallest absolute Gasteiger partial charge is 0.258 e. The number of ether oxygens (including phenoxy) is 1. The minimum Gasteiger partial charge on any atom is -0.496 e. The van der Waals surface area contributed by atoms with E-state index in [4.69, 9.17) is 16.3 Å². The summed E-state index contributed by atoms with van der Waals surface area (Å²) in [5, 5.41) is 9.30. The minimum absolute atomic E-state index is 0.00605. The Balaban J connectivity index is 1.51. The fourth-order valence-electron chi connectivity index (χ4n) is 3.15. The van der Waals surface area contributed by atoms with Gasteiger partial charge in [0.05, 0.1) is 17.7 Å². The maximum absolute atomic E-state index is 12.8. The van der Waals surface area contributed by atoms with Gasteiger partial charge in [-0.05, 0) is 35.9 Å². The van der Waals surface area contributed by atoms with Crippen LogP contribution in [0.1, 0.15) is 15.9 Å². The molecule has 0 aliphatic heterocycles. The number of anilines is 1. The van der Waals surface area contributed by atoms with Gasteiger partial charge in [-0.2, -0.15) is 4.98 Å². The van der Waals surface area contributed by atoms with Crippen LogP contribution in [0.2, 0.25) is 5.02 Å². The molecule has 3 aromatic carbocycles. The quantitative estimate of drug-likeness (QED) is 0.339. The molecule has 0 aliphatic rings. The normalized spacial score (nSPS) is 11.2. The molecule has 3 N–H and O–H groups in total. The third kappa shape index (κ3) is 5.25. The van der Waals surface area contributed by atoms with E-state index in [-0.39, 0.29) is 28.0 Å². The lowest BCUT2D eigenvalue weighted by atomic mass is 10.2. The monoisotopic (exact) mass is 497 g/mol. The highest BCUT2D eigenvalue weighted by molar-refractivity contribution is 7.89. The minimum atomic E-state index is -3.97. The molecule has 0 bridgehead atoms. The van der Waals surface area contributed by atoms with E-state index < -0.39 is 15.9 Å². The van der Waals surface area contributed by atoms with E-state index in [1.54, 1.807) is 31.4 Å². The van der Waals surface area contributed by atoms with Crippen LogP contribution in [0.15, 0.2) is 77.7 Å². The molecule has 11 heteroatoms. The third-order valence-corrected chi connectivity index (χ3v) is 6.75. The van der Waals surface area contributed by atoms with E-state index in [9.17, 15) is 13.2 Å². The van der Waals surface area contributed by atoms with Crippen molar-refractivity contribution < 1.29 is 17.9 Å². The topological polar surface area (TPSA) is 126 Å². The number of para-hydroxylation sites is 1. The zero-order valence-electron chi connectivity index (χ0n) is 17.9. The van der Waals surface area contributed by atoms with Gasteiger partial charge in [-0.15, -0.1) is 5.10 Å². The van der Waals surface area contributed by atoms with Gasteiger partial charge in [0.1, 0.15) is 10.6 Å².